The minimum atomic E-state index is 0.686. The Morgan fingerprint density at radius 1 is 1.28 bits per heavy atom. The van der Waals surface area contributed by atoms with Gasteiger partial charge in [-0.15, -0.1) is 0 Å². The second-order valence-corrected chi connectivity index (χ2v) is 4.11. The number of nitrogen functional groups attached to an aromatic ring is 1. The number of para-hydroxylation sites is 2. The molecular formula is C14H17N3O. The summed E-state index contributed by atoms with van der Waals surface area (Å²) in [6, 6.07) is 11.6. The fourth-order valence-electron chi connectivity index (χ4n) is 1.86. The summed E-state index contributed by atoms with van der Waals surface area (Å²) < 4.78 is 5.34. The molecule has 2 aromatic rings. The van der Waals surface area contributed by atoms with Crippen molar-refractivity contribution in [1.82, 2.24) is 4.98 Å². The molecule has 0 unspecified atom stereocenters. The number of anilines is 2. The van der Waals surface area contributed by atoms with E-state index in [1.165, 1.54) is 0 Å². The smallest absolute Gasteiger partial charge is 0.142 e. The summed E-state index contributed by atoms with van der Waals surface area (Å²) in [6.07, 6.45) is 1.72. The van der Waals surface area contributed by atoms with E-state index in [4.69, 9.17) is 10.5 Å². The van der Waals surface area contributed by atoms with Gasteiger partial charge in [-0.25, -0.2) is 0 Å². The van der Waals surface area contributed by atoms with Gasteiger partial charge in [-0.2, -0.15) is 0 Å². The van der Waals surface area contributed by atoms with Gasteiger partial charge in [0, 0.05) is 18.9 Å². The maximum Gasteiger partial charge on any atom is 0.142 e. The molecule has 0 radical (unpaired) electrons. The first kappa shape index (κ1) is 12.2. The molecule has 0 bridgehead atoms. The molecule has 4 nitrogen and oxygen atoms in total. The van der Waals surface area contributed by atoms with E-state index in [2.05, 4.69) is 9.88 Å². The van der Waals surface area contributed by atoms with Gasteiger partial charge in [0.15, 0.2) is 0 Å². The van der Waals surface area contributed by atoms with E-state index < -0.39 is 0 Å². The number of pyridine rings is 1. The predicted octanol–water partition coefficient (Wildman–Crippen LogP) is 2.31. The predicted molar refractivity (Wildman–Crippen MR) is 73.8 cm³/mol. The molecule has 94 valence electrons. The first-order valence-corrected chi connectivity index (χ1v) is 5.75. The fraction of sp³-hybridized carbons (Fsp3) is 0.214. The monoisotopic (exact) mass is 243 g/mol. The van der Waals surface area contributed by atoms with Crippen LogP contribution in [-0.4, -0.2) is 19.1 Å². The molecule has 1 aromatic heterocycles. The average molecular weight is 243 g/mol. The second kappa shape index (κ2) is 5.40. The molecule has 2 rings (SSSR count). The molecule has 0 atom stereocenters. The van der Waals surface area contributed by atoms with Crippen molar-refractivity contribution in [2.24, 2.45) is 0 Å². The number of methoxy groups -OCH3 is 1. The third-order valence-electron chi connectivity index (χ3n) is 2.74. The summed E-state index contributed by atoms with van der Waals surface area (Å²) in [5, 5.41) is 0. The van der Waals surface area contributed by atoms with Gasteiger partial charge >= 0.3 is 0 Å². The second-order valence-electron chi connectivity index (χ2n) is 4.11. The lowest BCUT2D eigenvalue weighted by Crippen LogP contribution is -2.18. The molecular weight excluding hydrogens is 226 g/mol. The van der Waals surface area contributed by atoms with E-state index in [0.717, 1.165) is 22.8 Å². The largest absolute Gasteiger partial charge is 0.495 e. The molecule has 0 saturated carbocycles. The maximum absolute atomic E-state index is 5.75. The molecule has 0 aliphatic heterocycles. The molecule has 0 fully saturated rings. The van der Waals surface area contributed by atoms with Gasteiger partial charge in [0.1, 0.15) is 5.75 Å². The summed E-state index contributed by atoms with van der Waals surface area (Å²) in [4.78, 5) is 6.38. The van der Waals surface area contributed by atoms with Crippen LogP contribution in [0.2, 0.25) is 0 Å². The lowest BCUT2D eigenvalue weighted by Gasteiger charge is -2.21. The number of aromatic nitrogens is 1. The Kier molecular flexibility index (Phi) is 3.67. The first-order valence-electron chi connectivity index (χ1n) is 5.75. The Labute approximate surface area is 107 Å². The maximum atomic E-state index is 5.75. The number of hydrogen-bond acceptors (Lipinski definition) is 4. The third-order valence-corrected chi connectivity index (χ3v) is 2.74. The van der Waals surface area contributed by atoms with Crippen LogP contribution < -0.4 is 15.4 Å². The molecule has 1 heterocycles. The van der Waals surface area contributed by atoms with Crippen LogP contribution in [0, 0.1) is 0 Å². The van der Waals surface area contributed by atoms with E-state index in [0.29, 0.717) is 6.54 Å². The molecule has 0 spiro atoms. The van der Waals surface area contributed by atoms with E-state index in [-0.39, 0.29) is 0 Å². The summed E-state index contributed by atoms with van der Waals surface area (Å²) in [5.41, 5.74) is 8.44. The normalized spacial score (nSPS) is 10.1. The number of nitrogens with two attached hydrogens (primary N) is 1. The standard InChI is InChI=1S/C14H17N3O/c1-17(10-12-9-11(15)7-8-16-12)13-5-3-4-6-14(13)18-2/h3-9H,10H2,1-2H3,(H2,15,16). The lowest BCUT2D eigenvalue weighted by atomic mass is 10.2. The molecule has 1 aromatic carbocycles. The number of hydrogen-bond donors (Lipinski definition) is 1. The highest BCUT2D eigenvalue weighted by Gasteiger charge is 2.08. The highest BCUT2D eigenvalue weighted by atomic mass is 16.5. The number of ether oxygens (including phenoxy) is 1. The topological polar surface area (TPSA) is 51.4 Å². The van der Waals surface area contributed by atoms with E-state index in [9.17, 15) is 0 Å². The Balaban J connectivity index is 2.19. The highest BCUT2D eigenvalue weighted by molar-refractivity contribution is 5.58. The van der Waals surface area contributed by atoms with Crippen LogP contribution in [0.25, 0.3) is 0 Å². The van der Waals surface area contributed by atoms with Crippen LogP contribution in [0.3, 0.4) is 0 Å². The molecule has 0 saturated heterocycles. The van der Waals surface area contributed by atoms with E-state index in [1.54, 1.807) is 19.4 Å². The summed E-state index contributed by atoms with van der Waals surface area (Å²) in [5.74, 6) is 0.851. The number of benzene rings is 1. The van der Waals surface area contributed by atoms with Crippen molar-refractivity contribution in [3.8, 4) is 5.75 Å². The van der Waals surface area contributed by atoms with Crippen molar-refractivity contribution in [2.75, 3.05) is 24.8 Å². The quantitative estimate of drug-likeness (QED) is 0.895. The summed E-state index contributed by atoms with van der Waals surface area (Å²) in [7, 11) is 3.67. The zero-order valence-corrected chi connectivity index (χ0v) is 10.6. The zero-order valence-electron chi connectivity index (χ0n) is 10.6. The lowest BCUT2D eigenvalue weighted by molar-refractivity contribution is 0.414. The molecule has 0 aliphatic rings. The Hall–Kier alpha value is -2.23. The van der Waals surface area contributed by atoms with Gasteiger partial charge < -0.3 is 15.4 Å². The fourth-order valence-corrected chi connectivity index (χ4v) is 1.86. The Morgan fingerprint density at radius 3 is 2.78 bits per heavy atom. The van der Waals surface area contributed by atoms with Crippen molar-refractivity contribution >= 4 is 11.4 Å². The van der Waals surface area contributed by atoms with Crippen molar-refractivity contribution in [2.45, 2.75) is 6.54 Å². The highest BCUT2D eigenvalue weighted by Crippen LogP contribution is 2.27. The summed E-state index contributed by atoms with van der Waals surface area (Å²) in [6.45, 7) is 0.686. The molecule has 18 heavy (non-hydrogen) atoms. The first-order chi connectivity index (χ1) is 8.70. The van der Waals surface area contributed by atoms with Crippen LogP contribution in [0.1, 0.15) is 5.69 Å². The number of nitrogens with zero attached hydrogens (tertiary/aromatic N) is 2. The van der Waals surface area contributed by atoms with Gasteiger partial charge in [0.05, 0.1) is 25.0 Å². The van der Waals surface area contributed by atoms with Gasteiger partial charge in [-0.1, -0.05) is 12.1 Å². The number of rotatable bonds is 4. The van der Waals surface area contributed by atoms with Crippen molar-refractivity contribution < 1.29 is 4.74 Å². The van der Waals surface area contributed by atoms with Crippen molar-refractivity contribution in [1.29, 1.82) is 0 Å². The van der Waals surface area contributed by atoms with Gasteiger partial charge in [0.25, 0.3) is 0 Å². The summed E-state index contributed by atoms with van der Waals surface area (Å²) >= 11 is 0. The van der Waals surface area contributed by atoms with Crippen LogP contribution in [0.5, 0.6) is 5.75 Å². The molecule has 0 aliphatic carbocycles. The molecule has 4 heteroatoms. The molecule has 2 N–H and O–H groups in total. The Bertz CT molecular complexity index is 528. The SMILES string of the molecule is COc1ccccc1N(C)Cc1cc(N)ccn1. The molecule has 0 amide bonds. The zero-order chi connectivity index (χ0) is 13.0. The van der Waals surface area contributed by atoms with Gasteiger partial charge in [0.2, 0.25) is 0 Å². The van der Waals surface area contributed by atoms with E-state index >= 15 is 0 Å². The van der Waals surface area contributed by atoms with Crippen LogP contribution >= 0.6 is 0 Å². The van der Waals surface area contributed by atoms with Gasteiger partial charge in [-0.3, -0.25) is 4.98 Å². The third kappa shape index (κ3) is 2.71. The van der Waals surface area contributed by atoms with Crippen molar-refractivity contribution in [3.63, 3.8) is 0 Å². The van der Waals surface area contributed by atoms with Crippen molar-refractivity contribution in [3.05, 3.63) is 48.3 Å². The van der Waals surface area contributed by atoms with Crippen LogP contribution in [-0.2, 0) is 6.54 Å². The minimum Gasteiger partial charge on any atom is -0.495 e. The average Bonchev–Trinajstić information content (AvgIpc) is 2.38. The van der Waals surface area contributed by atoms with Crippen LogP contribution in [0.4, 0.5) is 11.4 Å². The van der Waals surface area contributed by atoms with Crippen LogP contribution in [0.15, 0.2) is 42.6 Å². The van der Waals surface area contributed by atoms with Gasteiger partial charge in [-0.05, 0) is 24.3 Å². The Morgan fingerprint density at radius 2 is 2.06 bits per heavy atom. The minimum absolute atomic E-state index is 0.686. The van der Waals surface area contributed by atoms with E-state index in [1.807, 2.05) is 37.4 Å².